The fraction of sp³-hybridized carbons (Fsp3) is 0.667. The van der Waals surface area contributed by atoms with E-state index in [1.54, 1.807) is 11.3 Å². The first-order chi connectivity index (χ1) is 10.7. The Hall–Kier alpha value is -1.47. The predicted octanol–water partition coefficient (Wildman–Crippen LogP) is 2.42. The molecule has 0 aromatic carbocycles. The Kier molecular flexibility index (Phi) is 3.62. The van der Waals surface area contributed by atoms with Crippen molar-refractivity contribution in [2.24, 2.45) is 0 Å². The number of anilines is 1. The van der Waals surface area contributed by atoms with E-state index in [2.05, 4.69) is 37.3 Å². The van der Waals surface area contributed by atoms with Gasteiger partial charge in [-0.25, -0.2) is 4.98 Å². The summed E-state index contributed by atoms with van der Waals surface area (Å²) in [7, 11) is 0. The highest BCUT2D eigenvalue weighted by molar-refractivity contribution is 7.13. The van der Waals surface area contributed by atoms with E-state index < -0.39 is 0 Å². The molecule has 1 aliphatic carbocycles. The Morgan fingerprint density at radius 2 is 2.18 bits per heavy atom. The quantitative estimate of drug-likeness (QED) is 0.862. The number of thiazole rings is 1. The minimum atomic E-state index is 0.449. The third kappa shape index (κ3) is 2.87. The van der Waals surface area contributed by atoms with Gasteiger partial charge in [0.15, 0.2) is 5.13 Å². The normalized spacial score (nSPS) is 23.2. The molecule has 0 unspecified atom stereocenters. The van der Waals surface area contributed by atoms with Crippen LogP contribution in [-0.4, -0.2) is 45.8 Å². The van der Waals surface area contributed by atoms with Gasteiger partial charge in [0.1, 0.15) is 0 Å². The van der Waals surface area contributed by atoms with Gasteiger partial charge in [-0.2, -0.15) is 0 Å². The number of nitrogens with zero attached hydrogens (tertiary/aromatic N) is 5. The molecule has 0 radical (unpaired) electrons. The highest BCUT2D eigenvalue weighted by Gasteiger charge is 2.30. The Morgan fingerprint density at radius 1 is 1.32 bits per heavy atom. The lowest BCUT2D eigenvalue weighted by Gasteiger charge is -2.39. The minimum absolute atomic E-state index is 0.449. The number of aromatic nitrogens is 3. The maximum absolute atomic E-state index is 5.77. The Bertz CT molecular complexity index is 650. The molecule has 1 aliphatic heterocycles. The standard InChI is InChI=1S/C15H21N5OS/c1-10-9-22-15(16-10)20-6-5-19(7-11(20)2)8-13-17-18-14(21-13)12-3-4-12/h9,11-12H,3-8H2,1-2H3/t11-/m0/s1. The van der Waals surface area contributed by atoms with Crippen LogP contribution in [0.3, 0.4) is 0 Å². The lowest BCUT2D eigenvalue weighted by atomic mass is 10.2. The van der Waals surface area contributed by atoms with E-state index in [0.29, 0.717) is 12.0 Å². The average Bonchev–Trinajstić information content (AvgIpc) is 3.10. The van der Waals surface area contributed by atoms with Crippen molar-refractivity contribution < 1.29 is 4.42 Å². The fourth-order valence-corrected chi connectivity index (χ4v) is 3.88. The lowest BCUT2D eigenvalue weighted by Crippen LogP contribution is -2.51. The lowest BCUT2D eigenvalue weighted by molar-refractivity contribution is 0.200. The van der Waals surface area contributed by atoms with Gasteiger partial charge < -0.3 is 9.32 Å². The summed E-state index contributed by atoms with van der Waals surface area (Å²) >= 11 is 1.73. The zero-order valence-electron chi connectivity index (χ0n) is 13.0. The monoisotopic (exact) mass is 319 g/mol. The fourth-order valence-electron chi connectivity index (χ4n) is 2.95. The molecule has 1 atom stereocenters. The Morgan fingerprint density at radius 3 is 2.86 bits per heavy atom. The summed E-state index contributed by atoms with van der Waals surface area (Å²) in [5.74, 6) is 2.12. The van der Waals surface area contributed by atoms with Crippen LogP contribution in [0.15, 0.2) is 9.80 Å². The van der Waals surface area contributed by atoms with E-state index in [0.717, 1.165) is 48.8 Å². The van der Waals surface area contributed by atoms with Crippen LogP contribution in [-0.2, 0) is 6.54 Å². The predicted molar refractivity (Wildman–Crippen MR) is 85.2 cm³/mol. The number of hydrogen-bond donors (Lipinski definition) is 0. The van der Waals surface area contributed by atoms with E-state index in [1.807, 2.05) is 6.92 Å². The van der Waals surface area contributed by atoms with E-state index in [9.17, 15) is 0 Å². The molecule has 0 amide bonds. The first-order valence-electron chi connectivity index (χ1n) is 7.92. The van der Waals surface area contributed by atoms with Crippen LogP contribution < -0.4 is 4.90 Å². The molecule has 6 nitrogen and oxygen atoms in total. The first kappa shape index (κ1) is 14.1. The summed E-state index contributed by atoms with van der Waals surface area (Å²) in [4.78, 5) is 9.40. The van der Waals surface area contributed by atoms with Crippen molar-refractivity contribution in [3.63, 3.8) is 0 Å². The second-order valence-corrected chi connectivity index (χ2v) is 7.19. The molecule has 0 N–H and O–H groups in total. The summed E-state index contributed by atoms with van der Waals surface area (Å²) in [6.45, 7) is 8.07. The van der Waals surface area contributed by atoms with Crippen molar-refractivity contribution >= 4 is 16.5 Å². The summed E-state index contributed by atoms with van der Waals surface area (Å²) in [6.07, 6.45) is 2.40. The van der Waals surface area contributed by atoms with Gasteiger partial charge in [-0.1, -0.05) is 0 Å². The molecule has 2 fully saturated rings. The Balaban J connectivity index is 1.37. The Labute approximate surface area is 134 Å². The second-order valence-electron chi connectivity index (χ2n) is 6.36. The van der Waals surface area contributed by atoms with Crippen LogP contribution in [0.25, 0.3) is 0 Å². The number of rotatable bonds is 4. The molecule has 22 heavy (non-hydrogen) atoms. The third-order valence-electron chi connectivity index (χ3n) is 4.33. The first-order valence-corrected chi connectivity index (χ1v) is 8.80. The molecule has 2 aromatic heterocycles. The van der Waals surface area contributed by atoms with Crippen molar-refractivity contribution in [1.82, 2.24) is 20.1 Å². The molecule has 2 aromatic rings. The van der Waals surface area contributed by atoms with Gasteiger partial charge in [0, 0.05) is 37.0 Å². The molecule has 4 rings (SSSR count). The zero-order chi connectivity index (χ0) is 15.1. The van der Waals surface area contributed by atoms with Crippen LogP contribution >= 0.6 is 11.3 Å². The van der Waals surface area contributed by atoms with Crippen molar-refractivity contribution in [3.8, 4) is 0 Å². The van der Waals surface area contributed by atoms with Crippen LogP contribution in [0.5, 0.6) is 0 Å². The van der Waals surface area contributed by atoms with Crippen molar-refractivity contribution in [2.45, 2.75) is 45.2 Å². The average molecular weight is 319 g/mol. The third-order valence-corrected chi connectivity index (χ3v) is 5.33. The molecular formula is C15H21N5OS. The van der Waals surface area contributed by atoms with Crippen molar-refractivity contribution in [2.75, 3.05) is 24.5 Å². The zero-order valence-corrected chi connectivity index (χ0v) is 13.8. The number of aryl methyl sites for hydroxylation is 1. The molecule has 2 aliphatic rings. The smallest absolute Gasteiger partial charge is 0.230 e. The molecule has 1 saturated carbocycles. The second kappa shape index (κ2) is 5.62. The van der Waals surface area contributed by atoms with Crippen molar-refractivity contribution in [1.29, 1.82) is 0 Å². The maximum atomic E-state index is 5.77. The van der Waals surface area contributed by atoms with Gasteiger partial charge in [-0.15, -0.1) is 21.5 Å². The molecule has 1 saturated heterocycles. The SMILES string of the molecule is Cc1csc(N2CCN(Cc3nnc(C4CC4)o3)C[C@@H]2C)n1. The molecule has 7 heteroatoms. The summed E-state index contributed by atoms with van der Waals surface area (Å²) in [5, 5.41) is 11.6. The van der Waals surface area contributed by atoms with Crippen LogP contribution in [0.1, 0.15) is 43.2 Å². The highest BCUT2D eigenvalue weighted by atomic mass is 32.1. The van der Waals surface area contributed by atoms with E-state index in [4.69, 9.17) is 4.42 Å². The molecule has 0 spiro atoms. The maximum Gasteiger partial charge on any atom is 0.230 e. The topological polar surface area (TPSA) is 58.3 Å². The highest BCUT2D eigenvalue weighted by Crippen LogP contribution is 2.39. The van der Waals surface area contributed by atoms with Crippen LogP contribution in [0, 0.1) is 6.92 Å². The van der Waals surface area contributed by atoms with E-state index in [-0.39, 0.29) is 0 Å². The van der Waals surface area contributed by atoms with Gasteiger partial charge in [-0.05, 0) is 26.7 Å². The molecular weight excluding hydrogens is 298 g/mol. The van der Waals surface area contributed by atoms with Gasteiger partial charge in [-0.3, -0.25) is 4.90 Å². The summed E-state index contributed by atoms with van der Waals surface area (Å²) in [6, 6.07) is 0.449. The van der Waals surface area contributed by atoms with Gasteiger partial charge in [0.2, 0.25) is 11.8 Å². The molecule has 0 bridgehead atoms. The van der Waals surface area contributed by atoms with Gasteiger partial charge in [0.05, 0.1) is 12.2 Å². The van der Waals surface area contributed by atoms with Crippen LogP contribution in [0.4, 0.5) is 5.13 Å². The molecule has 3 heterocycles. The minimum Gasteiger partial charge on any atom is -0.424 e. The van der Waals surface area contributed by atoms with Gasteiger partial charge >= 0.3 is 0 Å². The van der Waals surface area contributed by atoms with E-state index >= 15 is 0 Å². The summed E-state index contributed by atoms with van der Waals surface area (Å²) in [5.41, 5.74) is 1.10. The van der Waals surface area contributed by atoms with Crippen LogP contribution in [0.2, 0.25) is 0 Å². The largest absolute Gasteiger partial charge is 0.424 e. The van der Waals surface area contributed by atoms with Crippen molar-refractivity contribution in [3.05, 3.63) is 22.9 Å². The molecule has 118 valence electrons. The van der Waals surface area contributed by atoms with E-state index in [1.165, 1.54) is 12.8 Å². The summed E-state index contributed by atoms with van der Waals surface area (Å²) < 4.78 is 5.77. The number of piperazine rings is 1. The number of hydrogen-bond acceptors (Lipinski definition) is 7. The van der Waals surface area contributed by atoms with Gasteiger partial charge in [0.25, 0.3) is 0 Å².